The molecular formula is C21H26N4O4. The highest BCUT2D eigenvalue weighted by Crippen LogP contribution is 2.34. The molecule has 0 radical (unpaired) electrons. The van der Waals surface area contributed by atoms with Crippen molar-refractivity contribution in [3.05, 3.63) is 29.8 Å². The average molecular weight is 398 g/mol. The molecule has 0 aromatic heterocycles. The van der Waals surface area contributed by atoms with Crippen LogP contribution >= 0.6 is 0 Å². The molecule has 0 unspecified atom stereocenters. The molecule has 4 rings (SSSR count). The number of likely N-dealkylation sites (tertiary alicyclic amines) is 1. The zero-order chi connectivity index (χ0) is 20.4. The number of aliphatic carboxylic acids is 1. The predicted octanol–water partition coefficient (Wildman–Crippen LogP) is 3.51. The molecule has 2 heterocycles. The smallest absolute Gasteiger partial charge is 0.353 e. The van der Waals surface area contributed by atoms with E-state index in [0.29, 0.717) is 24.5 Å². The van der Waals surface area contributed by atoms with Crippen molar-refractivity contribution in [2.45, 2.75) is 44.9 Å². The number of nitrogens with zero attached hydrogens (tertiary/aromatic N) is 4. The number of carbonyl (C=O) groups is 3. The van der Waals surface area contributed by atoms with Crippen LogP contribution < -0.4 is 4.90 Å². The first-order chi connectivity index (χ1) is 14.1. The third-order valence-corrected chi connectivity index (χ3v) is 5.91. The molecule has 2 fully saturated rings. The quantitative estimate of drug-likeness (QED) is 0.843. The highest BCUT2D eigenvalue weighted by Gasteiger charge is 2.39. The average Bonchev–Trinajstić information content (AvgIpc) is 3.23. The maximum Gasteiger partial charge on any atom is 0.353 e. The fourth-order valence-corrected chi connectivity index (χ4v) is 4.47. The maximum absolute atomic E-state index is 13.3. The molecule has 0 bridgehead atoms. The van der Waals surface area contributed by atoms with E-state index in [1.54, 1.807) is 17.0 Å². The topological polar surface area (TPSA) is 93.5 Å². The number of rotatable bonds is 3. The number of carbonyl (C=O) groups excluding carboxylic acids is 2. The van der Waals surface area contributed by atoms with Gasteiger partial charge in [0.2, 0.25) is 0 Å². The summed E-state index contributed by atoms with van der Waals surface area (Å²) in [6, 6.07) is 6.18. The van der Waals surface area contributed by atoms with E-state index in [4.69, 9.17) is 0 Å². The van der Waals surface area contributed by atoms with Crippen molar-refractivity contribution in [2.24, 2.45) is 11.0 Å². The van der Waals surface area contributed by atoms with Gasteiger partial charge in [-0.1, -0.05) is 37.5 Å². The van der Waals surface area contributed by atoms with E-state index in [1.165, 1.54) is 6.42 Å². The normalized spacial score (nSPS) is 20.3. The van der Waals surface area contributed by atoms with Gasteiger partial charge in [-0.3, -0.25) is 4.79 Å². The number of amides is 4. The Kier molecular flexibility index (Phi) is 5.51. The van der Waals surface area contributed by atoms with Gasteiger partial charge in [0.05, 0.1) is 11.4 Å². The molecule has 1 aromatic carbocycles. The highest BCUT2D eigenvalue weighted by molar-refractivity contribution is 6.20. The van der Waals surface area contributed by atoms with Crippen molar-refractivity contribution in [3.63, 3.8) is 0 Å². The third kappa shape index (κ3) is 3.83. The van der Waals surface area contributed by atoms with Gasteiger partial charge in [0.25, 0.3) is 0 Å². The molecule has 8 nitrogen and oxygen atoms in total. The number of urea groups is 2. The number of benzene rings is 1. The van der Waals surface area contributed by atoms with Crippen LogP contribution in [0.5, 0.6) is 0 Å². The Labute approximate surface area is 169 Å². The Morgan fingerprint density at radius 1 is 1.03 bits per heavy atom. The molecule has 1 aromatic rings. The summed E-state index contributed by atoms with van der Waals surface area (Å²) in [4.78, 5) is 40.8. The van der Waals surface area contributed by atoms with Crippen LogP contribution in [0, 0.1) is 5.92 Å². The highest BCUT2D eigenvalue weighted by atomic mass is 16.4. The molecule has 0 atom stereocenters. The minimum atomic E-state index is -1.16. The van der Waals surface area contributed by atoms with Crippen LogP contribution in [0.2, 0.25) is 0 Å². The van der Waals surface area contributed by atoms with Crippen LogP contribution in [-0.4, -0.2) is 58.4 Å². The molecule has 1 aliphatic carbocycles. The second kappa shape index (κ2) is 8.23. The van der Waals surface area contributed by atoms with Gasteiger partial charge in [0, 0.05) is 24.6 Å². The second-order valence-electron chi connectivity index (χ2n) is 7.88. The van der Waals surface area contributed by atoms with Crippen molar-refractivity contribution in [1.29, 1.82) is 0 Å². The van der Waals surface area contributed by atoms with Crippen LogP contribution in [0.1, 0.15) is 50.5 Å². The number of carboxylic acids is 1. The fraction of sp³-hybridized carbons (Fsp3) is 0.524. The van der Waals surface area contributed by atoms with Gasteiger partial charge in [-0.25, -0.2) is 19.5 Å². The molecule has 2 aliphatic heterocycles. The summed E-state index contributed by atoms with van der Waals surface area (Å²) < 4.78 is 0. The van der Waals surface area contributed by atoms with E-state index in [9.17, 15) is 19.5 Å². The Morgan fingerprint density at radius 3 is 2.41 bits per heavy atom. The van der Waals surface area contributed by atoms with Crippen molar-refractivity contribution in [2.75, 3.05) is 24.5 Å². The molecule has 29 heavy (non-hydrogen) atoms. The largest absolute Gasteiger partial charge is 0.480 e. The lowest BCUT2D eigenvalue weighted by atomic mass is 9.83. The number of hydrazone groups is 1. The van der Waals surface area contributed by atoms with Crippen molar-refractivity contribution in [1.82, 2.24) is 9.91 Å². The lowest BCUT2D eigenvalue weighted by Crippen LogP contribution is -2.50. The van der Waals surface area contributed by atoms with Crippen LogP contribution in [0.4, 0.5) is 15.3 Å². The Bertz CT molecular complexity index is 841. The summed E-state index contributed by atoms with van der Waals surface area (Å²) >= 11 is 0. The Morgan fingerprint density at radius 2 is 1.72 bits per heavy atom. The summed E-state index contributed by atoms with van der Waals surface area (Å²) in [6.45, 7) is 0.618. The lowest BCUT2D eigenvalue weighted by Gasteiger charge is -2.28. The summed E-state index contributed by atoms with van der Waals surface area (Å²) in [6.07, 6.45) is 7.02. The number of fused-ring (bicyclic) bond motifs is 1. The summed E-state index contributed by atoms with van der Waals surface area (Å²) in [5, 5.41) is 14.8. The minimum absolute atomic E-state index is 0.149. The van der Waals surface area contributed by atoms with Crippen molar-refractivity contribution in [3.8, 4) is 0 Å². The number of carboxylic acid groups (broad SMARTS) is 1. The number of hydrogen-bond donors (Lipinski definition) is 1. The number of para-hydroxylation sites is 1. The summed E-state index contributed by atoms with van der Waals surface area (Å²) in [7, 11) is 0. The van der Waals surface area contributed by atoms with Crippen LogP contribution in [-0.2, 0) is 4.79 Å². The van der Waals surface area contributed by atoms with Gasteiger partial charge in [-0.2, -0.15) is 5.10 Å². The predicted molar refractivity (Wildman–Crippen MR) is 108 cm³/mol. The lowest BCUT2D eigenvalue weighted by molar-refractivity contribution is -0.137. The van der Waals surface area contributed by atoms with E-state index in [1.807, 2.05) is 12.1 Å². The number of hydrogen-bond acceptors (Lipinski definition) is 4. The second-order valence-corrected chi connectivity index (χ2v) is 7.88. The number of imide groups is 1. The minimum Gasteiger partial charge on any atom is -0.480 e. The van der Waals surface area contributed by atoms with E-state index in [2.05, 4.69) is 5.10 Å². The standard InChI is InChI=1S/C21H26N4O4/c26-18(27)14-24-21(29)25(20(28)23-12-6-7-13-23)17-11-5-4-10-16(17)19(22-24)15-8-2-1-3-9-15/h4-5,10-11,15H,1-3,6-9,12-14H2,(H,26,27). The number of anilines is 1. The molecule has 154 valence electrons. The Balaban J connectivity index is 1.80. The van der Waals surface area contributed by atoms with Gasteiger partial charge < -0.3 is 10.0 Å². The SMILES string of the molecule is O=C(O)CN1N=C(C2CCCCC2)c2ccccc2N(C(=O)N2CCCC2)C1=O. The van der Waals surface area contributed by atoms with E-state index in [-0.39, 0.29) is 5.92 Å². The van der Waals surface area contributed by atoms with Gasteiger partial charge in [-0.05, 0) is 31.7 Å². The molecule has 1 saturated heterocycles. The zero-order valence-corrected chi connectivity index (χ0v) is 16.4. The van der Waals surface area contributed by atoms with Gasteiger partial charge in [0.15, 0.2) is 0 Å². The first-order valence-corrected chi connectivity index (χ1v) is 10.4. The van der Waals surface area contributed by atoms with Crippen LogP contribution in [0.3, 0.4) is 0 Å². The van der Waals surface area contributed by atoms with E-state index >= 15 is 0 Å². The third-order valence-electron chi connectivity index (χ3n) is 5.91. The van der Waals surface area contributed by atoms with Crippen LogP contribution in [0.15, 0.2) is 29.4 Å². The van der Waals surface area contributed by atoms with Gasteiger partial charge in [-0.15, -0.1) is 0 Å². The van der Waals surface area contributed by atoms with Crippen molar-refractivity contribution >= 4 is 29.4 Å². The fourth-order valence-electron chi connectivity index (χ4n) is 4.47. The first-order valence-electron chi connectivity index (χ1n) is 10.4. The van der Waals surface area contributed by atoms with Gasteiger partial charge in [0.1, 0.15) is 6.54 Å². The summed E-state index contributed by atoms with van der Waals surface area (Å²) in [5.74, 6) is -1.01. The van der Waals surface area contributed by atoms with E-state index in [0.717, 1.165) is 54.0 Å². The molecule has 0 spiro atoms. The van der Waals surface area contributed by atoms with Gasteiger partial charge >= 0.3 is 18.0 Å². The zero-order valence-electron chi connectivity index (χ0n) is 16.4. The monoisotopic (exact) mass is 398 g/mol. The summed E-state index contributed by atoms with van der Waals surface area (Å²) in [5.41, 5.74) is 1.95. The van der Waals surface area contributed by atoms with Crippen molar-refractivity contribution < 1.29 is 19.5 Å². The van der Waals surface area contributed by atoms with E-state index < -0.39 is 24.6 Å². The van der Waals surface area contributed by atoms with Crippen LogP contribution in [0.25, 0.3) is 0 Å². The molecule has 4 amide bonds. The molecule has 1 N–H and O–H groups in total. The molecule has 3 aliphatic rings. The molecule has 8 heteroatoms. The molecule has 1 saturated carbocycles. The molecular weight excluding hydrogens is 372 g/mol. The first kappa shape index (κ1) is 19.4. The Hall–Kier alpha value is -2.90. The maximum atomic E-state index is 13.3.